The first-order valence-corrected chi connectivity index (χ1v) is 8.93. The largest absolute Gasteiger partial charge is 0.255 e. The average Bonchev–Trinajstić information content (AvgIpc) is 2.49. The number of rotatable bonds is 7. The molecule has 112 valence electrons. The third kappa shape index (κ3) is 5.07. The Labute approximate surface area is 120 Å². The number of hydrogen-bond donors (Lipinski definition) is 1. The summed E-state index contributed by atoms with van der Waals surface area (Å²) in [6.07, 6.45) is 18.5. The molecule has 0 aromatic heterocycles. The molecule has 0 aromatic carbocycles. The van der Waals surface area contributed by atoms with Gasteiger partial charge in [0.15, 0.2) is 0 Å². The monoisotopic (exact) mass is 266 g/mol. The van der Waals surface area contributed by atoms with Gasteiger partial charge in [-0.15, -0.1) is 0 Å². The lowest BCUT2D eigenvalue weighted by Crippen LogP contribution is -2.53. The molecule has 0 bridgehead atoms. The van der Waals surface area contributed by atoms with Crippen LogP contribution >= 0.6 is 0 Å². The Morgan fingerprint density at radius 1 is 0.789 bits per heavy atom. The summed E-state index contributed by atoms with van der Waals surface area (Å²) >= 11 is 0. The van der Waals surface area contributed by atoms with E-state index in [0.717, 1.165) is 12.1 Å². The van der Waals surface area contributed by atoms with Gasteiger partial charge in [-0.1, -0.05) is 58.3 Å². The Balaban J connectivity index is 1.83. The zero-order valence-electron chi connectivity index (χ0n) is 13.0. The van der Waals surface area contributed by atoms with Crippen molar-refractivity contribution in [2.45, 2.75) is 102 Å². The smallest absolute Gasteiger partial charge is 0.0246 e. The van der Waals surface area contributed by atoms with E-state index < -0.39 is 0 Å². The van der Waals surface area contributed by atoms with Crippen molar-refractivity contribution >= 4 is 0 Å². The molecule has 0 amide bonds. The minimum absolute atomic E-state index is 0.832. The van der Waals surface area contributed by atoms with Crippen molar-refractivity contribution in [1.82, 2.24) is 10.4 Å². The Morgan fingerprint density at radius 2 is 1.32 bits per heavy atom. The molecule has 0 radical (unpaired) electrons. The van der Waals surface area contributed by atoms with E-state index in [1.165, 1.54) is 90.0 Å². The van der Waals surface area contributed by atoms with Crippen LogP contribution in [0.15, 0.2) is 0 Å². The number of hydrogen-bond acceptors (Lipinski definition) is 2. The maximum atomic E-state index is 3.83. The first-order valence-electron chi connectivity index (χ1n) is 8.93. The van der Waals surface area contributed by atoms with Crippen molar-refractivity contribution in [3.8, 4) is 0 Å². The SMILES string of the molecule is CCCCCNN(C1CCCCC1)C1CCCCC1. The molecule has 0 spiro atoms. The maximum Gasteiger partial charge on any atom is 0.0246 e. The number of hydrazine groups is 1. The van der Waals surface area contributed by atoms with E-state index in [4.69, 9.17) is 0 Å². The highest BCUT2D eigenvalue weighted by atomic mass is 15.5. The molecule has 2 aliphatic carbocycles. The Hall–Kier alpha value is -0.0800. The minimum Gasteiger partial charge on any atom is -0.255 e. The summed E-state index contributed by atoms with van der Waals surface area (Å²) in [6, 6.07) is 1.66. The molecule has 0 atom stereocenters. The first kappa shape index (κ1) is 15.3. The van der Waals surface area contributed by atoms with Crippen LogP contribution in [0.4, 0.5) is 0 Å². The molecule has 19 heavy (non-hydrogen) atoms. The zero-order valence-corrected chi connectivity index (χ0v) is 13.0. The molecule has 0 heterocycles. The van der Waals surface area contributed by atoms with Crippen LogP contribution in [0.3, 0.4) is 0 Å². The highest BCUT2D eigenvalue weighted by molar-refractivity contribution is 4.81. The molecule has 0 aromatic rings. The van der Waals surface area contributed by atoms with Crippen LogP contribution in [-0.2, 0) is 0 Å². The van der Waals surface area contributed by atoms with Gasteiger partial charge in [0.2, 0.25) is 0 Å². The molecular formula is C17H34N2. The van der Waals surface area contributed by atoms with Crippen LogP contribution in [-0.4, -0.2) is 23.6 Å². The minimum atomic E-state index is 0.832. The summed E-state index contributed by atoms with van der Waals surface area (Å²) < 4.78 is 0. The molecule has 2 aliphatic rings. The van der Waals surface area contributed by atoms with Crippen LogP contribution in [0, 0.1) is 0 Å². The third-order valence-corrected chi connectivity index (χ3v) is 5.01. The molecular weight excluding hydrogens is 232 g/mol. The fraction of sp³-hybridized carbons (Fsp3) is 1.00. The van der Waals surface area contributed by atoms with Gasteiger partial charge in [-0.05, 0) is 32.1 Å². The van der Waals surface area contributed by atoms with Crippen molar-refractivity contribution in [2.75, 3.05) is 6.54 Å². The van der Waals surface area contributed by atoms with Crippen molar-refractivity contribution in [2.24, 2.45) is 0 Å². The van der Waals surface area contributed by atoms with E-state index in [1.54, 1.807) is 0 Å². The van der Waals surface area contributed by atoms with Gasteiger partial charge in [-0.2, -0.15) is 0 Å². The van der Waals surface area contributed by atoms with E-state index in [-0.39, 0.29) is 0 Å². The molecule has 0 unspecified atom stereocenters. The molecule has 0 saturated heterocycles. The van der Waals surface area contributed by atoms with E-state index >= 15 is 0 Å². The van der Waals surface area contributed by atoms with Crippen molar-refractivity contribution in [3.05, 3.63) is 0 Å². The Morgan fingerprint density at radius 3 is 1.79 bits per heavy atom. The van der Waals surface area contributed by atoms with Crippen LogP contribution in [0.5, 0.6) is 0 Å². The molecule has 2 rings (SSSR count). The second kappa shape index (κ2) is 8.97. The van der Waals surface area contributed by atoms with Crippen LogP contribution in [0.1, 0.15) is 90.4 Å². The van der Waals surface area contributed by atoms with E-state index in [9.17, 15) is 0 Å². The normalized spacial score (nSPS) is 23.1. The third-order valence-electron chi connectivity index (χ3n) is 5.01. The summed E-state index contributed by atoms with van der Waals surface area (Å²) in [5.74, 6) is 0. The molecule has 1 N–H and O–H groups in total. The van der Waals surface area contributed by atoms with Gasteiger partial charge in [0, 0.05) is 18.6 Å². The zero-order chi connectivity index (χ0) is 13.3. The van der Waals surface area contributed by atoms with Crippen LogP contribution in [0.2, 0.25) is 0 Å². The summed E-state index contributed by atoms with van der Waals surface area (Å²) in [5.41, 5.74) is 3.83. The fourth-order valence-electron chi connectivity index (χ4n) is 3.86. The second-order valence-electron chi connectivity index (χ2n) is 6.61. The van der Waals surface area contributed by atoms with E-state index in [2.05, 4.69) is 17.4 Å². The molecule has 0 aliphatic heterocycles. The van der Waals surface area contributed by atoms with Gasteiger partial charge < -0.3 is 0 Å². The van der Waals surface area contributed by atoms with Crippen LogP contribution < -0.4 is 5.43 Å². The van der Waals surface area contributed by atoms with Gasteiger partial charge >= 0.3 is 0 Å². The fourth-order valence-corrected chi connectivity index (χ4v) is 3.86. The molecule has 2 fully saturated rings. The van der Waals surface area contributed by atoms with Gasteiger partial charge in [-0.25, -0.2) is 5.01 Å². The first-order chi connectivity index (χ1) is 9.42. The maximum absolute atomic E-state index is 3.83. The van der Waals surface area contributed by atoms with Gasteiger partial charge in [0.05, 0.1) is 0 Å². The Bertz CT molecular complexity index is 199. The predicted octanol–water partition coefficient (Wildman–Crippen LogP) is 4.65. The van der Waals surface area contributed by atoms with E-state index in [1.807, 2.05) is 0 Å². The Kier molecular flexibility index (Phi) is 7.23. The molecule has 2 saturated carbocycles. The lowest BCUT2D eigenvalue weighted by atomic mass is 9.90. The summed E-state index contributed by atoms with van der Waals surface area (Å²) in [4.78, 5) is 0. The van der Waals surface area contributed by atoms with Crippen LogP contribution in [0.25, 0.3) is 0 Å². The standard InChI is InChI=1S/C17H34N2/c1-2-3-10-15-18-19(16-11-6-4-7-12-16)17-13-8-5-9-14-17/h16-18H,2-15H2,1H3. The molecule has 2 nitrogen and oxygen atoms in total. The summed E-state index contributed by atoms with van der Waals surface area (Å²) in [5, 5.41) is 2.72. The van der Waals surface area contributed by atoms with Gasteiger partial charge in [0.25, 0.3) is 0 Å². The quantitative estimate of drug-likeness (QED) is 0.533. The predicted molar refractivity (Wildman–Crippen MR) is 83.1 cm³/mol. The van der Waals surface area contributed by atoms with Crippen molar-refractivity contribution < 1.29 is 0 Å². The topological polar surface area (TPSA) is 15.3 Å². The van der Waals surface area contributed by atoms with Crippen molar-refractivity contribution in [1.29, 1.82) is 0 Å². The van der Waals surface area contributed by atoms with Gasteiger partial charge in [-0.3, -0.25) is 5.43 Å². The lowest BCUT2D eigenvalue weighted by molar-refractivity contribution is 0.0288. The number of nitrogens with one attached hydrogen (secondary N) is 1. The summed E-state index contributed by atoms with van der Waals surface area (Å²) in [6.45, 7) is 3.49. The van der Waals surface area contributed by atoms with Crippen molar-refractivity contribution in [3.63, 3.8) is 0 Å². The number of nitrogens with zero attached hydrogens (tertiary/aromatic N) is 1. The van der Waals surface area contributed by atoms with E-state index in [0.29, 0.717) is 0 Å². The van der Waals surface area contributed by atoms with Gasteiger partial charge in [0.1, 0.15) is 0 Å². The lowest BCUT2D eigenvalue weighted by Gasteiger charge is -2.41. The molecule has 2 heteroatoms. The number of unbranched alkanes of at least 4 members (excludes halogenated alkanes) is 2. The highest BCUT2D eigenvalue weighted by Crippen LogP contribution is 2.28. The summed E-state index contributed by atoms with van der Waals surface area (Å²) in [7, 11) is 0. The second-order valence-corrected chi connectivity index (χ2v) is 6.61. The highest BCUT2D eigenvalue weighted by Gasteiger charge is 2.28. The average molecular weight is 266 g/mol.